The first-order chi connectivity index (χ1) is 17.3. The Kier molecular flexibility index (Phi) is 5.64. The number of hydrogen-bond donors (Lipinski definition) is 0. The van der Waals surface area contributed by atoms with E-state index in [9.17, 15) is 27.7 Å². The van der Waals surface area contributed by atoms with Gasteiger partial charge in [-0.05, 0) is 41.0 Å². The van der Waals surface area contributed by atoms with Crippen molar-refractivity contribution >= 4 is 21.6 Å². The van der Waals surface area contributed by atoms with Crippen LogP contribution in [-0.2, 0) is 20.2 Å². The summed E-state index contributed by atoms with van der Waals surface area (Å²) in [6.07, 6.45) is 0. The topological polar surface area (TPSA) is 97.6 Å². The molecule has 0 aromatic heterocycles. The van der Waals surface area contributed by atoms with Gasteiger partial charge in [-0.2, -0.15) is 0 Å². The highest BCUT2D eigenvalue weighted by Gasteiger charge is 2.67. The first-order valence-corrected chi connectivity index (χ1v) is 12.4. The molecule has 1 atom stereocenters. The quantitative estimate of drug-likeness (QED) is 0.210. The zero-order chi connectivity index (χ0) is 25.5. The summed E-state index contributed by atoms with van der Waals surface area (Å²) in [6, 6.07) is 26.4. The highest BCUT2D eigenvalue weighted by Crippen LogP contribution is 2.57. The van der Waals surface area contributed by atoms with E-state index in [4.69, 9.17) is 0 Å². The summed E-state index contributed by atoms with van der Waals surface area (Å²) in [5.74, 6) is -1.17. The zero-order valence-corrected chi connectivity index (χ0v) is 19.5. The molecule has 180 valence electrons. The van der Waals surface area contributed by atoms with Gasteiger partial charge in [0.05, 0.1) is 15.9 Å². The lowest BCUT2D eigenvalue weighted by Crippen LogP contribution is -2.68. The fraction of sp³-hybridized carbons (Fsp3) is 0.0741. The van der Waals surface area contributed by atoms with Gasteiger partial charge in [-0.3, -0.25) is 14.9 Å². The lowest BCUT2D eigenvalue weighted by atomic mass is 9.61. The standard InChI is InChI=1S/C27H19FN2O5S/c28-22-13-11-19(12-14-22)25-27(20-7-3-1-4-8-20,21-9-5-2-6-10-21)26(31)29(25)36(34,35)24-17-15-23(16-18-24)30(32)33/h1-18,25H. The predicted molar refractivity (Wildman–Crippen MR) is 130 cm³/mol. The fourth-order valence-corrected chi connectivity index (χ4v) is 6.41. The maximum atomic E-state index is 14.1. The molecule has 36 heavy (non-hydrogen) atoms. The van der Waals surface area contributed by atoms with Crippen molar-refractivity contribution in [2.24, 2.45) is 0 Å². The van der Waals surface area contributed by atoms with Gasteiger partial charge in [-0.25, -0.2) is 17.1 Å². The predicted octanol–water partition coefficient (Wildman–Crippen LogP) is 4.99. The molecule has 5 rings (SSSR count). The summed E-state index contributed by atoms with van der Waals surface area (Å²) in [7, 11) is -4.42. The zero-order valence-electron chi connectivity index (χ0n) is 18.7. The number of amides is 1. The molecule has 1 aliphatic heterocycles. The number of hydrogen-bond acceptors (Lipinski definition) is 5. The van der Waals surface area contributed by atoms with Crippen LogP contribution in [0.5, 0.6) is 0 Å². The number of non-ortho nitro benzene ring substituents is 1. The number of nitro benzene ring substituents is 1. The molecule has 1 heterocycles. The largest absolute Gasteiger partial charge is 0.272 e. The van der Waals surface area contributed by atoms with Crippen LogP contribution in [0.4, 0.5) is 10.1 Å². The second-order valence-corrected chi connectivity index (χ2v) is 10.2. The molecule has 1 aliphatic rings. The molecular weight excluding hydrogens is 483 g/mol. The molecule has 0 saturated carbocycles. The Hall–Kier alpha value is -4.37. The maximum absolute atomic E-state index is 14.1. The van der Waals surface area contributed by atoms with E-state index in [0.717, 1.165) is 28.6 Å². The lowest BCUT2D eigenvalue weighted by molar-refractivity contribution is -0.384. The van der Waals surface area contributed by atoms with Crippen molar-refractivity contribution in [3.05, 3.63) is 142 Å². The summed E-state index contributed by atoms with van der Waals surface area (Å²) in [6.45, 7) is 0. The normalized spacial score (nSPS) is 16.9. The summed E-state index contributed by atoms with van der Waals surface area (Å²) in [5, 5.41) is 11.0. The highest BCUT2D eigenvalue weighted by atomic mass is 32.2. The number of sulfonamides is 1. The van der Waals surface area contributed by atoms with E-state index in [0.29, 0.717) is 16.7 Å². The second kappa shape index (κ2) is 8.69. The molecule has 1 saturated heterocycles. The monoisotopic (exact) mass is 502 g/mol. The van der Waals surface area contributed by atoms with Gasteiger partial charge >= 0.3 is 0 Å². The third-order valence-corrected chi connectivity index (χ3v) is 8.19. The van der Waals surface area contributed by atoms with Gasteiger partial charge < -0.3 is 0 Å². The Bertz CT molecular complexity index is 1500. The van der Waals surface area contributed by atoms with Crippen LogP contribution in [0.25, 0.3) is 0 Å². The Labute approximate surface area is 206 Å². The van der Waals surface area contributed by atoms with E-state index in [1.54, 1.807) is 60.7 Å². The van der Waals surface area contributed by atoms with Crippen molar-refractivity contribution in [1.29, 1.82) is 0 Å². The van der Waals surface area contributed by atoms with Crippen LogP contribution >= 0.6 is 0 Å². The molecule has 1 fully saturated rings. The number of rotatable bonds is 6. The van der Waals surface area contributed by atoms with Crippen LogP contribution in [0, 0.1) is 15.9 Å². The smallest absolute Gasteiger partial charge is 0.269 e. The Morgan fingerprint density at radius 1 is 0.778 bits per heavy atom. The molecule has 0 spiro atoms. The molecule has 4 aromatic rings. The molecule has 0 aliphatic carbocycles. The van der Waals surface area contributed by atoms with E-state index in [-0.39, 0.29) is 10.6 Å². The minimum absolute atomic E-state index is 0.261. The third-order valence-electron chi connectivity index (χ3n) is 6.43. The van der Waals surface area contributed by atoms with Crippen molar-refractivity contribution in [3.63, 3.8) is 0 Å². The molecule has 0 radical (unpaired) electrons. The summed E-state index contributed by atoms with van der Waals surface area (Å²) in [4.78, 5) is 24.2. The van der Waals surface area contributed by atoms with E-state index in [2.05, 4.69) is 0 Å². The maximum Gasteiger partial charge on any atom is 0.269 e. The van der Waals surface area contributed by atoms with E-state index >= 15 is 0 Å². The van der Waals surface area contributed by atoms with Crippen molar-refractivity contribution in [2.75, 3.05) is 0 Å². The molecule has 1 amide bonds. The number of nitro groups is 1. The number of β-lactam (4-membered cyclic amide) rings is 1. The fourth-order valence-electron chi connectivity index (χ4n) is 4.78. The second-order valence-electron chi connectivity index (χ2n) is 8.35. The summed E-state index contributed by atoms with van der Waals surface area (Å²) in [5.41, 5.74) is -0.0683. The number of benzene rings is 4. The van der Waals surface area contributed by atoms with E-state index in [1.165, 1.54) is 24.3 Å². The summed E-state index contributed by atoms with van der Waals surface area (Å²) >= 11 is 0. The first-order valence-electron chi connectivity index (χ1n) is 11.0. The number of carbonyl (C=O) groups is 1. The van der Waals surface area contributed by atoms with Crippen LogP contribution in [0.3, 0.4) is 0 Å². The average Bonchev–Trinajstić information content (AvgIpc) is 2.89. The molecule has 9 heteroatoms. The van der Waals surface area contributed by atoms with Gasteiger partial charge in [0.2, 0.25) is 0 Å². The molecule has 0 bridgehead atoms. The first kappa shape index (κ1) is 23.4. The van der Waals surface area contributed by atoms with E-state index in [1.807, 2.05) is 0 Å². The Morgan fingerprint density at radius 3 is 1.75 bits per heavy atom. The number of carbonyl (C=O) groups excluding carboxylic acids is 1. The van der Waals surface area contributed by atoms with Crippen molar-refractivity contribution < 1.29 is 22.5 Å². The highest BCUT2D eigenvalue weighted by molar-refractivity contribution is 7.89. The Morgan fingerprint density at radius 2 is 1.28 bits per heavy atom. The van der Waals surface area contributed by atoms with Crippen LogP contribution in [-0.4, -0.2) is 23.6 Å². The third kappa shape index (κ3) is 3.47. The van der Waals surface area contributed by atoms with Gasteiger partial charge in [0, 0.05) is 12.1 Å². The summed E-state index contributed by atoms with van der Waals surface area (Å²) < 4.78 is 42.2. The van der Waals surface area contributed by atoms with Gasteiger partial charge in [0.25, 0.3) is 21.6 Å². The van der Waals surface area contributed by atoms with Crippen molar-refractivity contribution in [2.45, 2.75) is 16.4 Å². The van der Waals surface area contributed by atoms with E-state index < -0.39 is 38.1 Å². The Balaban J connectivity index is 1.74. The molecule has 4 aromatic carbocycles. The molecule has 0 N–H and O–H groups in total. The van der Waals surface area contributed by atoms with Crippen LogP contribution in [0.1, 0.15) is 22.7 Å². The lowest BCUT2D eigenvalue weighted by Gasteiger charge is -2.55. The van der Waals surface area contributed by atoms with Crippen molar-refractivity contribution in [1.82, 2.24) is 4.31 Å². The van der Waals surface area contributed by atoms with Crippen LogP contribution in [0.2, 0.25) is 0 Å². The van der Waals surface area contributed by atoms with Gasteiger partial charge in [0.1, 0.15) is 11.2 Å². The minimum atomic E-state index is -4.42. The van der Waals surface area contributed by atoms with Gasteiger partial charge in [0.15, 0.2) is 0 Å². The molecule has 1 unspecified atom stereocenters. The average molecular weight is 503 g/mol. The van der Waals surface area contributed by atoms with Gasteiger partial charge in [-0.15, -0.1) is 0 Å². The molecular formula is C27H19FN2O5S. The molecule has 7 nitrogen and oxygen atoms in total. The van der Waals surface area contributed by atoms with Crippen LogP contribution in [0.15, 0.2) is 114 Å². The minimum Gasteiger partial charge on any atom is -0.272 e. The number of halogens is 1. The van der Waals surface area contributed by atoms with Gasteiger partial charge in [-0.1, -0.05) is 72.8 Å². The SMILES string of the molecule is O=C1N(S(=O)(=O)c2ccc([N+](=O)[O-])cc2)C(c2ccc(F)cc2)C1(c1ccccc1)c1ccccc1. The van der Waals surface area contributed by atoms with Crippen molar-refractivity contribution in [3.8, 4) is 0 Å². The number of nitrogens with zero attached hydrogens (tertiary/aromatic N) is 2. The van der Waals surface area contributed by atoms with Crippen LogP contribution < -0.4 is 0 Å².